The number of carbonyl (C=O) groups excluding carboxylic acids is 3. The summed E-state index contributed by atoms with van der Waals surface area (Å²) >= 11 is 0. The fourth-order valence-corrected chi connectivity index (χ4v) is 5.04. The van der Waals surface area contributed by atoms with Gasteiger partial charge in [-0.1, -0.05) is 54.6 Å². The quantitative estimate of drug-likeness (QED) is 0.106. The summed E-state index contributed by atoms with van der Waals surface area (Å²) in [6, 6.07) is 26.7. The number of carbonyl (C=O) groups is 3. The Morgan fingerprint density at radius 2 is 1.64 bits per heavy atom. The minimum atomic E-state index is -0.703. The van der Waals surface area contributed by atoms with Gasteiger partial charge >= 0.3 is 5.97 Å². The van der Waals surface area contributed by atoms with Crippen LogP contribution in [-0.2, 0) is 16.0 Å². The predicted octanol–water partition coefficient (Wildman–Crippen LogP) is 5.83. The normalized spacial score (nSPS) is 13.0. The Labute approximate surface area is 258 Å². The van der Waals surface area contributed by atoms with Gasteiger partial charge in [0.25, 0.3) is 5.91 Å². The molecule has 0 spiro atoms. The van der Waals surface area contributed by atoms with Crippen LogP contribution in [-0.4, -0.2) is 60.4 Å². The summed E-state index contributed by atoms with van der Waals surface area (Å²) in [6.07, 6.45) is 6.68. The molecule has 1 aliphatic rings. The summed E-state index contributed by atoms with van der Waals surface area (Å²) in [5.74, 6) is 0.752. The van der Waals surface area contributed by atoms with E-state index in [2.05, 4.69) is 10.3 Å². The highest BCUT2D eigenvalue weighted by Gasteiger charge is 2.27. The van der Waals surface area contributed by atoms with Crippen LogP contribution < -0.4 is 10.1 Å². The number of hydrogen-bond donors (Lipinski definition) is 1. The third-order valence-electron chi connectivity index (χ3n) is 7.60. The van der Waals surface area contributed by atoms with E-state index in [-0.39, 0.29) is 11.7 Å². The average Bonchev–Trinajstić information content (AvgIpc) is 3.91. The number of hydrogen-bond acceptors (Lipinski definition) is 7. The van der Waals surface area contributed by atoms with Crippen LogP contribution >= 0.6 is 0 Å². The molecule has 4 aromatic rings. The van der Waals surface area contributed by atoms with Gasteiger partial charge in [-0.25, -0.2) is 4.79 Å². The van der Waals surface area contributed by atoms with E-state index < -0.39 is 12.0 Å². The highest BCUT2D eigenvalue weighted by atomic mass is 16.5. The number of rotatable bonds is 15. The van der Waals surface area contributed by atoms with E-state index >= 15 is 0 Å². The lowest BCUT2D eigenvalue weighted by Gasteiger charge is -2.22. The van der Waals surface area contributed by atoms with Gasteiger partial charge in [0.1, 0.15) is 11.8 Å². The Balaban J connectivity index is 1.16. The van der Waals surface area contributed by atoms with Crippen molar-refractivity contribution >= 4 is 23.3 Å². The molecule has 5 rings (SSSR count). The molecule has 0 aliphatic heterocycles. The largest absolute Gasteiger partial charge is 0.494 e. The molecule has 1 atom stereocenters. The van der Waals surface area contributed by atoms with Crippen molar-refractivity contribution in [2.75, 3.05) is 32.1 Å². The van der Waals surface area contributed by atoms with Gasteiger partial charge in [0.2, 0.25) is 0 Å². The van der Waals surface area contributed by atoms with Crippen molar-refractivity contribution in [3.63, 3.8) is 0 Å². The Kier molecular flexibility index (Phi) is 10.4. The SMILES string of the molecule is COC(=O)C(Cc1ccc(OCCCN(CC2CC2)C(=O)c2cccnc2)cc1)Nc1ccccc1C(=O)c1ccccc1. The predicted molar refractivity (Wildman–Crippen MR) is 169 cm³/mol. The first-order chi connectivity index (χ1) is 21.5. The monoisotopic (exact) mass is 591 g/mol. The molecule has 1 N–H and O–H groups in total. The van der Waals surface area contributed by atoms with Crippen molar-refractivity contribution in [1.29, 1.82) is 0 Å². The van der Waals surface area contributed by atoms with Crippen molar-refractivity contribution in [3.8, 4) is 5.75 Å². The summed E-state index contributed by atoms with van der Waals surface area (Å²) in [6.45, 7) is 1.85. The molecule has 3 aromatic carbocycles. The molecule has 44 heavy (non-hydrogen) atoms. The van der Waals surface area contributed by atoms with Crippen molar-refractivity contribution in [1.82, 2.24) is 9.88 Å². The maximum atomic E-state index is 13.2. The summed E-state index contributed by atoms with van der Waals surface area (Å²) in [5, 5.41) is 3.24. The van der Waals surface area contributed by atoms with Crippen molar-refractivity contribution in [3.05, 3.63) is 126 Å². The Morgan fingerprint density at radius 1 is 0.909 bits per heavy atom. The maximum absolute atomic E-state index is 13.2. The number of anilines is 1. The van der Waals surface area contributed by atoms with E-state index in [9.17, 15) is 14.4 Å². The molecule has 1 amide bonds. The smallest absolute Gasteiger partial charge is 0.328 e. The Bertz CT molecular complexity index is 1540. The standard InChI is InChI=1S/C36H37N3O5/c1-43-36(42)33(38-32-13-6-5-12-31(32)34(40)28-9-3-2-4-10-28)23-26-16-18-30(19-17-26)44-22-8-21-39(25-27-14-15-27)35(41)29-11-7-20-37-24-29/h2-7,9-13,16-20,24,27,33,38H,8,14-15,21-23,25H2,1H3. The molecule has 1 fully saturated rings. The second-order valence-electron chi connectivity index (χ2n) is 10.9. The zero-order valence-corrected chi connectivity index (χ0v) is 24.9. The van der Waals surface area contributed by atoms with Crippen LogP contribution in [0.5, 0.6) is 5.75 Å². The van der Waals surface area contributed by atoms with Gasteiger partial charge < -0.3 is 19.7 Å². The van der Waals surface area contributed by atoms with E-state index in [1.54, 1.807) is 54.9 Å². The van der Waals surface area contributed by atoms with Crippen LogP contribution in [0.4, 0.5) is 5.69 Å². The zero-order valence-electron chi connectivity index (χ0n) is 24.9. The van der Waals surface area contributed by atoms with Crippen LogP contribution in [0, 0.1) is 5.92 Å². The first-order valence-corrected chi connectivity index (χ1v) is 15.0. The van der Waals surface area contributed by atoms with Gasteiger partial charge in [0.15, 0.2) is 5.78 Å². The summed E-state index contributed by atoms with van der Waals surface area (Å²) < 4.78 is 11.1. The molecule has 8 nitrogen and oxygen atoms in total. The van der Waals surface area contributed by atoms with Crippen molar-refractivity contribution in [2.24, 2.45) is 5.92 Å². The number of benzene rings is 3. The van der Waals surface area contributed by atoms with Crippen LogP contribution in [0.3, 0.4) is 0 Å². The molecular weight excluding hydrogens is 554 g/mol. The van der Waals surface area contributed by atoms with Crippen molar-refractivity contribution in [2.45, 2.75) is 31.7 Å². The van der Waals surface area contributed by atoms with Crippen molar-refractivity contribution < 1.29 is 23.9 Å². The van der Waals surface area contributed by atoms with Crippen LogP contribution in [0.25, 0.3) is 0 Å². The molecule has 0 bridgehead atoms. The first-order valence-electron chi connectivity index (χ1n) is 15.0. The molecule has 1 saturated carbocycles. The average molecular weight is 592 g/mol. The number of amides is 1. The molecule has 1 aliphatic carbocycles. The van der Waals surface area contributed by atoms with Gasteiger partial charge in [0, 0.05) is 48.7 Å². The third kappa shape index (κ3) is 8.31. The number of para-hydroxylation sites is 1. The van der Waals surface area contributed by atoms with Gasteiger partial charge in [-0.15, -0.1) is 0 Å². The fraction of sp³-hybridized carbons (Fsp3) is 0.278. The fourth-order valence-electron chi connectivity index (χ4n) is 5.04. The van der Waals surface area contributed by atoms with Gasteiger partial charge in [-0.05, 0) is 67.1 Å². The van der Waals surface area contributed by atoms with Crippen LogP contribution in [0.1, 0.15) is 51.1 Å². The number of aromatic nitrogens is 1. The second kappa shape index (κ2) is 15.0. The number of nitrogens with zero attached hydrogens (tertiary/aromatic N) is 2. The third-order valence-corrected chi connectivity index (χ3v) is 7.60. The number of esters is 1. The lowest BCUT2D eigenvalue weighted by molar-refractivity contribution is -0.141. The minimum absolute atomic E-state index is 0.00942. The van der Waals surface area contributed by atoms with Gasteiger partial charge in [-0.2, -0.15) is 0 Å². The maximum Gasteiger partial charge on any atom is 0.328 e. The summed E-state index contributed by atoms with van der Waals surface area (Å²) in [4.78, 5) is 44.9. The molecule has 0 radical (unpaired) electrons. The Hall–Kier alpha value is -4.98. The van der Waals surface area contributed by atoms with E-state index in [0.29, 0.717) is 60.0 Å². The minimum Gasteiger partial charge on any atom is -0.494 e. The van der Waals surface area contributed by atoms with Gasteiger partial charge in [-0.3, -0.25) is 14.6 Å². The van der Waals surface area contributed by atoms with Crippen LogP contribution in [0.2, 0.25) is 0 Å². The summed E-state index contributed by atoms with van der Waals surface area (Å²) in [7, 11) is 1.35. The highest BCUT2D eigenvalue weighted by molar-refractivity contribution is 6.12. The zero-order chi connectivity index (χ0) is 30.7. The number of pyridine rings is 1. The number of ketones is 1. The van der Waals surface area contributed by atoms with E-state index in [1.807, 2.05) is 53.4 Å². The van der Waals surface area contributed by atoms with E-state index in [4.69, 9.17) is 9.47 Å². The van der Waals surface area contributed by atoms with E-state index in [0.717, 1.165) is 12.1 Å². The second-order valence-corrected chi connectivity index (χ2v) is 10.9. The molecule has 8 heteroatoms. The molecular formula is C36H37N3O5. The van der Waals surface area contributed by atoms with E-state index in [1.165, 1.54) is 20.0 Å². The highest BCUT2D eigenvalue weighted by Crippen LogP contribution is 2.30. The molecule has 226 valence electrons. The topological polar surface area (TPSA) is 97.8 Å². The molecule has 0 saturated heterocycles. The lowest BCUT2D eigenvalue weighted by Crippen LogP contribution is -2.34. The molecule has 1 aromatic heterocycles. The number of methoxy groups -OCH3 is 1. The van der Waals surface area contributed by atoms with Gasteiger partial charge in [0.05, 0.1) is 19.3 Å². The molecule has 1 unspecified atom stereocenters. The number of ether oxygens (including phenoxy) is 2. The summed E-state index contributed by atoms with van der Waals surface area (Å²) in [5.41, 5.74) is 3.13. The lowest BCUT2D eigenvalue weighted by atomic mass is 10.00. The Morgan fingerprint density at radius 3 is 2.34 bits per heavy atom. The first kappa shape index (κ1) is 30.5. The van der Waals surface area contributed by atoms with Crippen LogP contribution in [0.15, 0.2) is 103 Å². The number of nitrogens with one attached hydrogen (secondary N) is 1. The molecule has 1 heterocycles.